The van der Waals surface area contributed by atoms with E-state index in [9.17, 15) is 0 Å². The molecule has 0 aliphatic rings. The van der Waals surface area contributed by atoms with E-state index in [1.165, 1.54) is 0 Å². The Morgan fingerprint density at radius 1 is 1.60 bits per heavy atom. The first-order chi connectivity index (χ1) is 4.88. The Labute approximate surface area is 63.1 Å². The van der Waals surface area contributed by atoms with Gasteiger partial charge in [0.1, 0.15) is 11.5 Å². The molecule has 0 saturated carbocycles. The summed E-state index contributed by atoms with van der Waals surface area (Å²) in [6.07, 6.45) is 3.38. The Kier molecular flexibility index (Phi) is 1.14. The third-order valence-corrected chi connectivity index (χ3v) is 1.63. The Morgan fingerprint density at radius 2 is 2.50 bits per heavy atom. The molecule has 0 atom stereocenters. The standard InChI is InChI=1S/C7H4ClN2/c8-7-3-1-2-6-4-9-5-10(6)7/h1,3-5H. The number of nitrogens with zero attached hydrogens (tertiary/aromatic N) is 2. The van der Waals surface area contributed by atoms with Crippen LogP contribution in [-0.2, 0) is 0 Å². The van der Waals surface area contributed by atoms with Crippen LogP contribution < -0.4 is 0 Å². The minimum atomic E-state index is 0.659. The summed E-state index contributed by atoms with van der Waals surface area (Å²) in [5, 5.41) is 0.659. The summed E-state index contributed by atoms with van der Waals surface area (Å²) < 4.78 is 1.77. The number of rotatable bonds is 0. The van der Waals surface area contributed by atoms with E-state index in [0.29, 0.717) is 5.15 Å². The van der Waals surface area contributed by atoms with E-state index in [2.05, 4.69) is 11.1 Å². The van der Waals surface area contributed by atoms with Gasteiger partial charge in [0.15, 0.2) is 0 Å². The molecule has 0 saturated heterocycles. The van der Waals surface area contributed by atoms with Crippen molar-refractivity contribution in [3.05, 3.63) is 35.9 Å². The number of halogens is 1. The zero-order valence-electron chi connectivity index (χ0n) is 5.08. The molecule has 0 N–H and O–H groups in total. The second-order valence-electron chi connectivity index (χ2n) is 1.95. The zero-order valence-corrected chi connectivity index (χ0v) is 5.84. The van der Waals surface area contributed by atoms with Crippen molar-refractivity contribution < 1.29 is 0 Å². The number of aromatic nitrogens is 2. The zero-order chi connectivity index (χ0) is 6.97. The summed E-state index contributed by atoms with van der Waals surface area (Å²) in [7, 11) is 0. The van der Waals surface area contributed by atoms with E-state index in [1.807, 2.05) is 0 Å². The molecule has 0 aromatic carbocycles. The fourth-order valence-corrected chi connectivity index (χ4v) is 1.05. The van der Waals surface area contributed by atoms with Gasteiger partial charge in [-0.25, -0.2) is 4.98 Å². The van der Waals surface area contributed by atoms with Gasteiger partial charge in [-0.1, -0.05) is 11.6 Å². The van der Waals surface area contributed by atoms with Gasteiger partial charge in [0, 0.05) is 6.07 Å². The molecule has 2 heterocycles. The van der Waals surface area contributed by atoms with E-state index >= 15 is 0 Å². The van der Waals surface area contributed by atoms with Crippen LogP contribution >= 0.6 is 11.6 Å². The van der Waals surface area contributed by atoms with Gasteiger partial charge in [-0.15, -0.1) is 0 Å². The fraction of sp³-hybridized carbons (Fsp3) is 0. The van der Waals surface area contributed by atoms with Crippen molar-refractivity contribution in [3.8, 4) is 0 Å². The van der Waals surface area contributed by atoms with Crippen molar-refractivity contribution in [3.63, 3.8) is 0 Å². The second kappa shape index (κ2) is 1.99. The third kappa shape index (κ3) is 0.693. The Morgan fingerprint density at radius 3 is 3.30 bits per heavy atom. The van der Waals surface area contributed by atoms with Crippen LogP contribution in [-0.4, -0.2) is 9.38 Å². The van der Waals surface area contributed by atoms with Crippen LogP contribution in [0.1, 0.15) is 0 Å². The first-order valence-electron chi connectivity index (χ1n) is 2.86. The molecule has 0 bridgehead atoms. The maximum Gasteiger partial charge on any atom is 0.114 e. The molecule has 0 unspecified atom stereocenters. The summed E-state index contributed by atoms with van der Waals surface area (Å²) in [5.41, 5.74) is 0.896. The van der Waals surface area contributed by atoms with E-state index in [0.717, 1.165) is 5.52 Å². The summed E-state index contributed by atoms with van der Waals surface area (Å²) >= 11 is 5.80. The highest BCUT2D eigenvalue weighted by Gasteiger charge is 1.94. The van der Waals surface area contributed by atoms with Gasteiger partial charge >= 0.3 is 0 Å². The lowest BCUT2D eigenvalue weighted by Crippen LogP contribution is -1.81. The highest BCUT2D eigenvalue weighted by Crippen LogP contribution is 2.10. The van der Waals surface area contributed by atoms with E-state index in [1.54, 1.807) is 29.1 Å². The van der Waals surface area contributed by atoms with Crippen LogP contribution in [0.15, 0.2) is 24.7 Å². The largest absolute Gasteiger partial charge is 0.289 e. The Hall–Kier alpha value is -1.02. The lowest BCUT2D eigenvalue weighted by molar-refractivity contribution is 1.15. The molecular formula is C7H4ClN2. The monoisotopic (exact) mass is 151 g/mol. The minimum Gasteiger partial charge on any atom is -0.289 e. The van der Waals surface area contributed by atoms with Crippen molar-refractivity contribution >= 4 is 17.1 Å². The molecule has 3 heteroatoms. The molecule has 0 spiro atoms. The quantitative estimate of drug-likeness (QED) is 0.525. The van der Waals surface area contributed by atoms with Crippen LogP contribution in [0.3, 0.4) is 0 Å². The Balaban J connectivity index is 2.95. The van der Waals surface area contributed by atoms with Gasteiger partial charge in [-0.2, -0.15) is 0 Å². The first kappa shape index (κ1) is 5.74. The molecule has 0 fully saturated rings. The van der Waals surface area contributed by atoms with Gasteiger partial charge < -0.3 is 0 Å². The van der Waals surface area contributed by atoms with Gasteiger partial charge in [-0.05, 0) is 12.1 Å². The topological polar surface area (TPSA) is 17.3 Å². The van der Waals surface area contributed by atoms with Gasteiger partial charge in [-0.3, -0.25) is 4.40 Å². The van der Waals surface area contributed by atoms with Crippen molar-refractivity contribution in [2.24, 2.45) is 0 Å². The summed E-state index contributed by atoms with van der Waals surface area (Å²) in [6.45, 7) is 0. The smallest absolute Gasteiger partial charge is 0.114 e. The van der Waals surface area contributed by atoms with E-state index in [-0.39, 0.29) is 0 Å². The molecule has 2 aromatic heterocycles. The van der Waals surface area contributed by atoms with Crippen LogP contribution in [0.4, 0.5) is 0 Å². The summed E-state index contributed by atoms with van der Waals surface area (Å²) in [4.78, 5) is 3.91. The van der Waals surface area contributed by atoms with Crippen LogP contribution in [0, 0.1) is 6.07 Å². The van der Waals surface area contributed by atoms with Crippen molar-refractivity contribution in [1.29, 1.82) is 0 Å². The van der Waals surface area contributed by atoms with Gasteiger partial charge in [0.25, 0.3) is 0 Å². The predicted molar refractivity (Wildman–Crippen MR) is 39.0 cm³/mol. The number of hydrogen-bond donors (Lipinski definition) is 0. The second-order valence-corrected chi connectivity index (χ2v) is 2.34. The molecular weight excluding hydrogens is 148 g/mol. The number of fused-ring (bicyclic) bond motifs is 1. The maximum atomic E-state index is 5.80. The SMILES string of the molecule is Clc1cc[c]c2cncn12. The van der Waals surface area contributed by atoms with E-state index < -0.39 is 0 Å². The lowest BCUT2D eigenvalue weighted by atomic mass is 10.4. The molecule has 2 nitrogen and oxygen atoms in total. The first-order valence-corrected chi connectivity index (χ1v) is 3.24. The molecule has 2 rings (SSSR count). The lowest BCUT2D eigenvalue weighted by Gasteiger charge is -1.92. The molecule has 2 aromatic rings. The summed E-state index contributed by atoms with van der Waals surface area (Å²) in [5.74, 6) is 0. The number of hydrogen-bond acceptors (Lipinski definition) is 1. The predicted octanol–water partition coefficient (Wildman–Crippen LogP) is 1.79. The van der Waals surface area contributed by atoms with Crippen molar-refractivity contribution in [2.45, 2.75) is 0 Å². The van der Waals surface area contributed by atoms with Crippen molar-refractivity contribution in [1.82, 2.24) is 9.38 Å². The molecule has 1 radical (unpaired) electrons. The van der Waals surface area contributed by atoms with Crippen LogP contribution in [0.25, 0.3) is 5.52 Å². The third-order valence-electron chi connectivity index (χ3n) is 1.32. The maximum absolute atomic E-state index is 5.80. The average Bonchev–Trinajstić information content (AvgIpc) is 2.36. The average molecular weight is 152 g/mol. The van der Waals surface area contributed by atoms with Gasteiger partial charge in [0.05, 0.1) is 11.7 Å². The highest BCUT2D eigenvalue weighted by atomic mass is 35.5. The number of pyridine rings is 1. The fourth-order valence-electron chi connectivity index (χ4n) is 0.848. The molecule has 0 aliphatic carbocycles. The molecule has 49 valence electrons. The molecule has 0 aliphatic heterocycles. The van der Waals surface area contributed by atoms with E-state index in [4.69, 9.17) is 11.6 Å². The normalized spacial score (nSPS) is 10.5. The van der Waals surface area contributed by atoms with Crippen LogP contribution in [0.5, 0.6) is 0 Å². The molecule has 0 amide bonds. The van der Waals surface area contributed by atoms with Crippen molar-refractivity contribution in [2.75, 3.05) is 0 Å². The molecule has 10 heavy (non-hydrogen) atoms. The minimum absolute atomic E-state index is 0.659. The van der Waals surface area contributed by atoms with Crippen LogP contribution in [0.2, 0.25) is 5.15 Å². The number of imidazole rings is 1. The Bertz CT molecular complexity index is 353. The summed E-state index contributed by atoms with van der Waals surface area (Å²) in [6, 6.07) is 6.54. The van der Waals surface area contributed by atoms with Gasteiger partial charge in [0.2, 0.25) is 0 Å². The highest BCUT2D eigenvalue weighted by molar-refractivity contribution is 6.29.